The minimum Gasteiger partial charge on any atom is -0.457 e. The molecule has 270 valence electrons. The van der Waals surface area contributed by atoms with Crippen LogP contribution in [0.25, 0.3) is 33.3 Å². The first-order chi connectivity index (χ1) is 24.8. The minimum absolute atomic E-state index is 0.0851. The molecule has 0 N–H and O–H groups in total. The molecule has 6 aromatic rings. The molecule has 0 bridgehead atoms. The summed E-state index contributed by atoms with van der Waals surface area (Å²) in [6, 6.07) is 26.1. The average Bonchev–Trinajstić information content (AvgIpc) is 3.59. The van der Waals surface area contributed by atoms with E-state index in [1.165, 1.54) is 46.0 Å². The molecule has 3 aromatic heterocycles. The van der Waals surface area contributed by atoms with Gasteiger partial charge in [0, 0.05) is 46.3 Å². The van der Waals surface area contributed by atoms with Crippen LogP contribution >= 0.6 is 0 Å². The van der Waals surface area contributed by atoms with E-state index >= 15 is 0 Å². The van der Waals surface area contributed by atoms with Gasteiger partial charge >= 0.3 is 0 Å². The van der Waals surface area contributed by atoms with Crippen molar-refractivity contribution in [1.29, 1.82) is 0 Å². The molecule has 0 saturated carbocycles. The lowest BCUT2D eigenvalue weighted by Gasteiger charge is -2.37. The molecule has 2 atom stereocenters. The molecule has 0 radical (unpaired) electrons. The highest BCUT2D eigenvalue weighted by Crippen LogP contribution is 2.47. The van der Waals surface area contributed by atoms with Crippen LogP contribution in [0, 0.1) is 31.6 Å². The highest BCUT2D eigenvalue weighted by atomic mass is 16.5. The number of benzene rings is 3. The fraction of sp³-hybridized carbons (Fsp3) is 0.404. The molecular formula is C47H56N4O. The number of pyridine rings is 1. The largest absolute Gasteiger partial charge is 0.457 e. The molecule has 1 aliphatic rings. The molecule has 0 spiro atoms. The summed E-state index contributed by atoms with van der Waals surface area (Å²) in [5, 5.41) is 7.66. The fourth-order valence-corrected chi connectivity index (χ4v) is 8.65. The molecule has 1 aliphatic carbocycles. The highest BCUT2D eigenvalue weighted by Gasteiger charge is 2.36. The summed E-state index contributed by atoms with van der Waals surface area (Å²) in [5.41, 5.74) is 11.0. The number of para-hydroxylation sites is 1. The number of hydrogen-bond acceptors (Lipinski definition) is 3. The van der Waals surface area contributed by atoms with E-state index in [1.54, 1.807) is 5.57 Å². The van der Waals surface area contributed by atoms with Gasteiger partial charge in [0.15, 0.2) is 0 Å². The maximum Gasteiger partial charge on any atom is 0.137 e. The van der Waals surface area contributed by atoms with Crippen molar-refractivity contribution in [1.82, 2.24) is 19.3 Å². The average molecular weight is 693 g/mol. The van der Waals surface area contributed by atoms with Gasteiger partial charge in [-0.3, -0.25) is 4.57 Å². The standard InChI is InChI=1S/C47H56N4O/c1-11-15-33-22-23-48-44(24-33)50-42-19-13-12-16-40(42)41-21-20-36(28-43(41)50)52-37-26-34(47(8,9)10)25-35(27-37)51-32(7)45(31(6)49-51)46-38(29(2)3)17-14-18-39(46)30(4)5/h12-13,16-17,19-30,39,46H,11,14-15,18H2,1-10H3/t39-,46+/m1/s1. The van der Waals surface area contributed by atoms with Gasteiger partial charge in [0.25, 0.3) is 0 Å². The van der Waals surface area contributed by atoms with E-state index in [9.17, 15) is 0 Å². The van der Waals surface area contributed by atoms with Crippen LogP contribution < -0.4 is 4.74 Å². The molecule has 3 heterocycles. The van der Waals surface area contributed by atoms with Crippen LogP contribution in [0.15, 0.2) is 90.6 Å². The van der Waals surface area contributed by atoms with Crippen LogP contribution in [0.4, 0.5) is 0 Å². The number of aryl methyl sites for hydroxylation is 2. The van der Waals surface area contributed by atoms with Gasteiger partial charge in [0.05, 0.1) is 22.4 Å². The summed E-state index contributed by atoms with van der Waals surface area (Å²) in [6.07, 6.45) is 8.97. The summed E-state index contributed by atoms with van der Waals surface area (Å²) >= 11 is 0. The van der Waals surface area contributed by atoms with Gasteiger partial charge in [-0.25, -0.2) is 9.67 Å². The van der Waals surface area contributed by atoms with Crippen LogP contribution in [-0.4, -0.2) is 19.3 Å². The first-order valence-electron chi connectivity index (χ1n) is 19.4. The molecule has 52 heavy (non-hydrogen) atoms. The lowest BCUT2D eigenvalue weighted by atomic mass is 9.67. The number of hydrogen-bond donors (Lipinski definition) is 0. The Morgan fingerprint density at radius 3 is 2.37 bits per heavy atom. The zero-order chi connectivity index (χ0) is 36.9. The summed E-state index contributed by atoms with van der Waals surface area (Å²) in [7, 11) is 0. The number of aromatic nitrogens is 4. The zero-order valence-corrected chi connectivity index (χ0v) is 32.9. The molecule has 0 aliphatic heterocycles. The van der Waals surface area contributed by atoms with Crippen LogP contribution in [0.3, 0.4) is 0 Å². The van der Waals surface area contributed by atoms with E-state index < -0.39 is 0 Å². The van der Waals surface area contributed by atoms with Gasteiger partial charge in [-0.15, -0.1) is 0 Å². The van der Waals surface area contributed by atoms with Crippen molar-refractivity contribution >= 4 is 21.8 Å². The molecular weight excluding hydrogens is 637 g/mol. The molecule has 5 nitrogen and oxygen atoms in total. The van der Waals surface area contributed by atoms with Crippen molar-refractivity contribution in [2.45, 2.75) is 106 Å². The Morgan fingerprint density at radius 1 is 0.865 bits per heavy atom. The second kappa shape index (κ2) is 14.1. The van der Waals surface area contributed by atoms with E-state index in [0.717, 1.165) is 52.6 Å². The number of allylic oxidation sites excluding steroid dienone is 2. The summed E-state index contributed by atoms with van der Waals surface area (Å²) < 4.78 is 11.3. The normalized spacial score (nSPS) is 16.7. The maximum atomic E-state index is 6.84. The van der Waals surface area contributed by atoms with Gasteiger partial charge in [-0.1, -0.05) is 91.7 Å². The Hall–Kier alpha value is -4.64. The van der Waals surface area contributed by atoms with E-state index in [1.807, 2.05) is 6.20 Å². The van der Waals surface area contributed by atoms with Crippen molar-refractivity contribution in [2.75, 3.05) is 0 Å². The van der Waals surface area contributed by atoms with Crippen molar-refractivity contribution in [2.24, 2.45) is 17.8 Å². The monoisotopic (exact) mass is 692 g/mol. The third-order valence-electron chi connectivity index (χ3n) is 11.3. The summed E-state index contributed by atoms with van der Waals surface area (Å²) in [5.74, 6) is 4.63. The number of rotatable bonds is 9. The highest BCUT2D eigenvalue weighted by molar-refractivity contribution is 6.09. The predicted molar refractivity (Wildman–Crippen MR) is 218 cm³/mol. The quantitative estimate of drug-likeness (QED) is 0.142. The van der Waals surface area contributed by atoms with Gasteiger partial charge < -0.3 is 4.74 Å². The van der Waals surface area contributed by atoms with Crippen LogP contribution in [0.2, 0.25) is 0 Å². The topological polar surface area (TPSA) is 44.9 Å². The second-order valence-electron chi connectivity index (χ2n) is 16.7. The van der Waals surface area contributed by atoms with Crippen LogP contribution in [0.1, 0.15) is 109 Å². The fourth-order valence-electron chi connectivity index (χ4n) is 8.65. The Labute approximate surface area is 310 Å². The summed E-state index contributed by atoms with van der Waals surface area (Å²) in [4.78, 5) is 4.85. The lowest BCUT2D eigenvalue weighted by molar-refractivity contribution is 0.297. The summed E-state index contributed by atoms with van der Waals surface area (Å²) in [6.45, 7) is 23.0. The van der Waals surface area contributed by atoms with Crippen LogP contribution in [0.5, 0.6) is 11.5 Å². The van der Waals surface area contributed by atoms with Gasteiger partial charge in [0.1, 0.15) is 17.3 Å². The number of fused-ring (bicyclic) bond motifs is 3. The first-order valence-corrected chi connectivity index (χ1v) is 19.4. The molecule has 5 heteroatoms. The third kappa shape index (κ3) is 6.59. The van der Waals surface area contributed by atoms with Crippen molar-refractivity contribution < 1.29 is 4.74 Å². The van der Waals surface area contributed by atoms with Gasteiger partial charge in [-0.05, 0) is 110 Å². The molecule has 3 aromatic carbocycles. The smallest absolute Gasteiger partial charge is 0.137 e. The molecule has 0 saturated heterocycles. The third-order valence-corrected chi connectivity index (χ3v) is 11.3. The van der Waals surface area contributed by atoms with E-state index in [0.29, 0.717) is 23.7 Å². The Kier molecular flexibility index (Phi) is 9.67. The van der Waals surface area contributed by atoms with Crippen LogP contribution in [-0.2, 0) is 11.8 Å². The minimum atomic E-state index is -0.0851. The molecule has 0 amide bonds. The van der Waals surface area contributed by atoms with Crippen molar-refractivity contribution in [3.05, 3.63) is 119 Å². The van der Waals surface area contributed by atoms with Gasteiger partial charge in [-0.2, -0.15) is 5.10 Å². The molecule has 0 fully saturated rings. The first kappa shape index (κ1) is 35.7. The van der Waals surface area contributed by atoms with E-state index in [-0.39, 0.29) is 5.41 Å². The molecule has 0 unspecified atom stereocenters. The number of nitrogens with zero attached hydrogens (tertiary/aromatic N) is 4. The van der Waals surface area contributed by atoms with Crippen molar-refractivity contribution in [3.8, 4) is 23.0 Å². The molecule has 7 rings (SSSR count). The zero-order valence-electron chi connectivity index (χ0n) is 32.9. The second-order valence-corrected chi connectivity index (χ2v) is 16.7. The maximum absolute atomic E-state index is 6.84. The van der Waals surface area contributed by atoms with Gasteiger partial charge in [0.2, 0.25) is 0 Å². The lowest BCUT2D eigenvalue weighted by Crippen LogP contribution is -2.26. The Balaban J connectivity index is 1.33. The van der Waals surface area contributed by atoms with E-state index in [4.69, 9.17) is 14.8 Å². The Bertz CT molecular complexity index is 2270. The van der Waals surface area contributed by atoms with E-state index in [2.05, 4.69) is 157 Å². The number of ether oxygens (including phenoxy) is 1. The SMILES string of the molecule is CCCc1ccnc(-n2c3ccccc3c3ccc(Oc4cc(-n5nc(C)c([C@H]6C(C(C)C)=CCC[C@@H]6C(C)C)c5C)cc(C(C)(C)C)c4)cc32)c1. The van der Waals surface area contributed by atoms with Crippen molar-refractivity contribution in [3.63, 3.8) is 0 Å². The predicted octanol–water partition coefficient (Wildman–Crippen LogP) is 12.8. The Morgan fingerprint density at radius 2 is 1.63 bits per heavy atom.